The lowest BCUT2D eigenvalue weighted by Gasteiger charge is -2.33. The molecule has 0 fully saturated rings. The van der Waals surface area contributed by atoms with Crippen LogP contribution >= 0.6 is 0 Å². The van der Waals surface area contributed by atoms with Crippen molar-refractivity contribution >= 4 is 11.7 Å². The maximum absolute atomic E-state index is 14.8. The maximum Gasteiger partial charge on any atom is 0.251 e. The number of carbonyl (C=O) groups is 1. The number of allylic oxidation sites excluding steroid dienone is 5. The molecule has 1 aromatic rings. The Hall–Kier alpha value is -2.20. The SMILES string of the molecule is CC1=C(/C=C/C(C)=C(\F)c2ccc(C(=O)NCCO)cc2)C(C)(C)CCC1. The van der Waals surface area contributed by atoms with Crippen molar-refractivity contribution in [1.29, 1.82) is 0 Å². The van der Waals surface area contributed by atoms with Crippen LogP contribution in [0, 0.1) is 5.41 Å². The number of hydrogen-bond acceptors (Lipinski definition) is 2. The predicted octanol–water partition coefficient (Wildman–Crippen LogP) is 5.19. The highest BCUT2D eigenvalue weighted by molar-refractivity contribution is 5.94. The molecule has 27 heavy (non-hydrogen) atoms. The van der Waals surface area contributed by atoms with Gasteiger partial charge in [0.2, 0.25) is 0 Å². The number of aliphatic hydroxyl groups excluding tert-OH is 1. The second-order valence-electron chi connectivity index (χ2n) is 7.82. The molecule has 1 aliphatic rings. The van der Waals surface area contributed by atoms with E-state index in [4.69, 9.17) is 5.11 Å². The van der Waals surface area contributed by atoms with Gasteiger partial charge in [-0.25, -0.2) is 4.39 Å². The third kappa shape index (κ3) is 5.39. The maximum atomic E-state index is 14.8. The summed E-state index contributed by atoms with van der Waals surface area (Å²) in [5.74, 6) is -0.570. The molecule has 3 nitrogen and oxygen atoms in total. The Morgan fingerprint density at radius 3 is 2.48 bits per heavy atom. The molecule has 4 heteroatoms. The number of aliphatic hydroxyl groups is 1. The van der Waals surface area contributed by atoms with E-state index in [-0.39, 0.29) is 30.3 Å². The van der Waals surface area contributed by atoms with Crippen LogP contribution in [0.25, 0.3) is 5.83 Å². The summed E-state index contributed by atoms with van der Waals surface area (Å²) in [6.07, 6.45) is 7.37. The minimum Gasteiger partial charge on any atom is -0.395 e. The molecule has 0 radical (unpaired) electrons. The van der Waals surface area contributed by atoms with Gasteiger partial charge in [0.15, 0.2) is 0 Å². The molecule has 0 bridgehead atoms. The first kappa shape index (κ1) is 21.1. The van der Waals surface area contributed by atoms with E-state index < -0.39 is 0 Å². The van der Waals surface area contributed by atoms with E-state index in [1.165, 1.54) is 17.6 Å². The van der Waals surface area contributed by atoms with Crippen molar-refractivity contribution in [2.45, 2.75) is 47.0 Å². The minimum absolute atomic E-state index is 0.112. The Bertz CT molecular complexity index is 770. The summed E-state index contributed by atoms with van der Waals surface area (Å²) in [6.45, 7) is 8.50. The summed E-state index contributed by atoms with van der Waals surface area (Å²) >= 11 is 0. The Labute approximate surface area is 161 Å². The van der Waals surface area contributed by atoms with Crippen LogP contribution in [0.4, 0.5) is 4.39 Å². The van der Waals surface area contributed by atoms with Crippen molar-refractivity contribution in [2.24, 2.45) is 5.41 Å². The third-order valence-electron chi connectivity index (χ3n) is 5.19. The molecule has 0 heterocycles. The van der Waals surface area contributed by atoms with Crippen LogP contribution in [0.5, 0.6) is 0 Å². The van der Waals surface area contributed by atoms with Crippen LogP contribution in [-0.2, 0) is 0 Å². The summed E-state index contributed by atoms with van der Waals surface area (Å²) in [5, 5.41) is 11.3. The smallest absolute Gasteiger partial charge is 0.251 e. The van der Waals surface area contributed by atoms with E-state index in [0.29, 0.717) is 16.7 Å². The molecular formula is C23H30FNO2. The Balaban J connectivity index is 2.18. The fraction of sp³-hybridized carbons (Fsp3) is 0.435. The summed E-state index contributed by atoms with van der Waals surface area (Å²) in [4.78, 5) is 11.8. The van der Waals surface area contributed by atoms with Gasteiger partial charge < -0.3 is 10.4 Å². The molecule has 2 rings (SSSR count). The zero-order chi connectivity index (χ0) is 20.0. The lowest BCUT2D eigenvalue weighted by Crippen LogP contribution is -2.26. The van der Waals surface area contributed by atoms with Gasteiger partial charge in [-0.3, -0.25) is 4.79 Å². The summed E-state index contributed by atoms with van der Waals surface area (Å²) in [5.41, 5.74) is 4.27. The van der Waals surface area contributed by atoms with Crippen LogP contribution < -0.4 is 5.32 Å². The van der Waals surface area contributed by atoms with Gasteiger partial charge in [-0.05, 0) is 61.8 Å². The van der Waals surface area contributed by atoms with Crippen molar-refractivity contribution < 1.29 is 14.3 Å². The van der Waals surface area contributed by atoms with Crippen LogP contribution in [0.15, 0.2) is 53.1 Å². The lowest BCUT2D eigenvalue weighted by atomic mass is 9.72. The Morgan fingerprint density at radius 2 is 1.89 bits per heavy atom. The minimum atomic E-state index is -0.291. The number of halogens is 1. The highest BCUT2D eigenvalue weighted by Gasteiger charge is 2.26. The fourth-order valence-electron chi connectivity index (χ4n) is 3.56. The van der Waals surface area contributed by atoms with Crippen LogP contribution in [0.3, 0.4) is 0 Å². The van der Waals surface area contributed by atoms with Gasteiger partial charge in [-0.1, -0.05) is 43.7 Å². The number of nitrogens with one attached hydrogen (secondary N) is 1. The molecule has 0 atom stereocenters. The van der Waals surface area contributed by atoms with Gasteiger partial charge in [0.05, 0.1) is 6.61 Å². The second kappa shape index (κ2) is 9.14. The molecule has 0 aliphatic heterocycles. The van der Waals surface area contributed by atoms with E-state index in [1.807, 2.05) is 6.08 Å². The quantitative estimate of drug-likeness (QED) is 0.676. The average molecular weight is 371 g/mol. The van der Waals surface area contributed by atoms with Crippen molar-refractivity contribution in [2.75, 3.05) is 13.2 Å². The van der Waals surface area contributed by atoms with E-state index in [9.17, 15) is 9.18 Å². The predicted molar refractivity (Wildman–Crippen MR) is 109 cm³/mol. The topological polar surface area (TPSA) is 49.3 Å². The van der Waals surface area contributed by atoms with E-state index in [1.54, 1.807) is 31.2 Å². The zero-order valence-electron chi connectivity index (χ0n) is 16.7. The van der Waals surface area contributed by atoms with E-state index >= 15 is 0 Å². The number of benzene rings is 1. The first-order valence-electron chi connectivity index (χ1n) is 9.50. The Morgan fingerprint density at radius 1 is 1.26 bits per heavy atom. The molecule has 2 N–H and O–H groups in total. The van der Waals surface area contributed by atoms with Crippen LogP contribution in [-0.4, -0.2) is 24.2 Å². The van der Waals surface area contributed by atoms with Crippen molar-refractivity contribution in [3.05, 3.63) is 64.3 Å². The van der Waals surface area contributed by atoms with Gasteiger partial charge in [0.25, 0.3) is 5.91 Å². The first-order valence-corrected chi connectivity index (χ1v) is 9.50. The third-order valence-corrected chi connectivity index (χ3v) is 5.19. The molecule has 1 aromatic carbocycles. The molecule has 1 amide bonds. The van der Waals surface area contributed by atoms with Gasteiger partial charge in [-0.15, -0.1) is 0 Å². The number of amides is 1. The second-order valence-corrected chi connectivity index (χ2v) is 7.82. The monoisotopic (exact) mass is 371 g/mol. The van der Waals surface area contributed by atoms with E-state index in [0.717, 1.165) is 12.8 Å². The molecular weight excluding hydrogens is 341 g/mol. The highest BCUT2D eigenvalue weighted by atomic mass is 19.1. The summed E-state index contributed by atoms with van der Waals surface area (Å²) in [7, 11) is 0. The molecule has 1 aliphatic carbocycles. The van der Waals surface area contributed by atoms with Crippen molar-refractivity contribution in [3.63, 3.8) is 0 Å². The van der Waals surface area contributed by atoms with Crippen LogP contribution in [0.2, 0.25) is 0 Å². The normalized spacial score (nSPS) is 17.9. The average Bonchev–Trinajstić information content (AvgIpc) is 2.64. The molecule has 0 saturated heterocycles. The van der Waals surface area contributed by atoms with Gasteiger partial charge in [0, 0.05) is 17.7 Å². The Kier molecular flexibility index (Phi) is 7.14. The summed E-state index contributed by atoms with van der Waals surface area (Å²) < 4.78 is 14.8. The number of carbonyl (C=O) groups excluding carboxylic acids is 1. The highest BCUT2D eigenvalue weighted by Crippen LogP contribution is 2.41. The number of hydrogen-bond donors (Lipinski definition) is 2. The van der Waals surface area contributed by atoms with Crippen LogP contribution in [0.1, 0.15) is 62.9 Å². The number of rotatable bonds is 6. The van der Waals surface area contributed by atoms with E-state index in [2.05, 4.69) is 32.2 Å². The molecule has 0 aromatic heterocycles. The first-order chi connectivity index (χ1) is 12.8. The molecule has 0 unspecified atom stereocenters. The molecule has 146 valence electrons. The van der Waals surface area contributed by atoms with Gasteiger partial charge >= 0.3 is 0 Å². The standard InChI is InChI=1S/C23H30FNO2/c1-16-6-5-13-23(3,4)20(16)12-7-17(2)21(24)18-8-10-19(11-9-18)22(27)25-14-15-26/h7-12,26H,5-6,13-15H2,1-4H3,(H,25,27)/b12-7+,21-17-. The van der Waals surface area contributed by atoms with Gasteiger partial charge in [-0.2, -0.15) is 0 Å². The van der Waals surface area contributed by atoms with Crippen molar-refractivity contribution in [1.82, 2.24) is 5.32 Å². The molecule has 0 saturated carbocycles. The van der Waals surface area contributed by atoms with Crippen molar-refractivity contribution in [3.8, 4) is 0 Å². The fourth-order valence-corrected chi connectivity index (χ4v) is 3.56. The summed E-state index contributed by atoms with van der Waals surface area (Å²) in [6, 6.07) is 6.40. The lowest BCUT2D eigenvalue weighted by molar-refractivity contribution is 0.0945. The van der Waals surface area contributed by atoms with Gasteiger partial charge in [0.1, 0.15) is 5.83 Å². The molecule has 0 spiro atoms. The zero-order valence-corrected chi connectivity index (χ0v) is 16.7. The largest absolute Gasteiger partial charge is 0.395 e.